The number of carbonyl (C=O) groups is 1. The van der Waals surface area contributed by atoms with Crippen molar-refractivity contribution in [1.29, 1.82) is 0 Å². The monoisotopic (exact) mass is 511 g/mol. The van der Waals surface area contributed by atoms with E-state index >= 15 is 0 Å². The maximum absolute atomic E-state index is 13.1. The molecular weight excluding hydrogens is 478 g/mol. The summed E-state index contributed by atoms with van der Waals surface area (Å²) in [5.74, 6) is 0.340. The fourth-order valence-corrected chi connectivity index (χ4v) is 6.06. The normalized spacial score (nSPS) is 15.5. The van der Waals surface area contributed by atoms with Crippen LogP contribution in [0.2, 0.25) is 0 Å². The van der Waals surface area contributed by atoms with Gasteiger partial charge >= 0.3 is 0 Å². The summed E-state index contributed by atoms with van der Waals surface area (Å²) in [6.45, 7) is 0.801. The highest BCUT2D eigenvalue weighted by atomic mass is 16.2. The summed E-state index contributed by atoms with van der Waals surface area (Å²) in [5, 5.41) is 0. The molecule has 1 fully saturated rings. The average molecular weight is 512 g/mol. The largest absolute Gasteiger partial charge is 0.319 e. The van der Waals surface area contributed by atoms with Crippen LogP contribution in [0.25, 0.3) is 0 Å². The molecule has 1 atom stereocenters. The first-order valence-electron chi connectivity index (χ1n) is 13.8. The molecular formula is C35H33N3O. The molecule has 0 saturated carbocycles. The number of nitrogens with zero attached hydrogens (tertiary/aromatic N) is 3. The highest BCUT2D eigenvalue weighted by molar-refractivity contribution is 5.97. The smallest absolute Gasteiger partial charge is 0.230 e. The lowest BCUT2D eigenvalue weighted by Crippen LogP contribution is -2.36. The SMILES string of the molecule is O=C1C(CCCc2cn(C(c3ccccc3)(c3ccccc3)c3ccccc3)cn2)CCN1c1ccccc1. The molecule has 0 aliphatic carbocycles. The van der Waals surface area contributed by atoms with Crippen molar-refractivity contribution < 1.29 is 4.79 Å². The Labute approximate surface area is 230 Å². The molecule has 39 heavy (non-hydrogen) atoms. The van der Waals surface area contributed by atoms with Gasteiger partial charge in [-0.3, -0.25) is 4.79 Å². The molecule has 0 bridgehead atoms. The van der Waals surface area contributed by atoms with Gasteiger partial charge in [-0.2, -0.15) is 0 Å². The molecule has 1 amide bonds. The first-order valence-corrected chi connectivity index (χ1v) is 13.8. The van der Waals surface area contributed by atoms with Gasteiger partial charge in [-0.1, -0.05) is 109 Å². The lowest BCUT2D eigenvalue weighted by atomic mass is 9.77. The van der Waals surface area contributed by atoms with Crippen molar-refractivity contribution in [1.82, 2.24) is 9.55 Å². The molecule has 1 aliphatic heterocycles. The molecule has 194 valence electrons. The molecule has 0 N–H and O–H groups in total. The van der Waals surface area contributed by atoms with Gasteiger partial charge in [0, 0.05) is 24.3 Å². The number of hydrogen-bond acceptors (Lipinski definition) is 2. The van der Waals surface area contributed by atoms with Crippen LogP contribution in [0.15, 0.2) is 134 Å². The van der Waals surface area contributed by atoms with Gasteiger partial charge in [-0.25, -0.2) is 4.98 Å². The van der Waals surface area contributed by atoms with Gasteiger partial charge in [0.2, 0.25) is 5.91 Å². The second kappa shape index (κ2) is 11.1. The Morgan fingerprint density at radius 3 is 1.77 bits per heavy atom. The summed E-state index contributed by atoms with van der Waals surface area (Å²) in [7, 11) is 0. The molecule has 4 nitrogen and oxygen atoms in total. The summed E-state index contributed by atoms with van der Waals surface area (Å²) in [6, 6.07) is 42.0. The van der Waals surface area contributed by atoms with Crippen LogP contribution in [0.5, 0.6) is 0 Å². The fourth-order valence-electron chi connectivity index (χ4n) is 6.06. The van der Waals surface area contributed by atoms with Crippen molar-refractivity contribution in [2.24, 2.45) is 5.92 Å². The highest BCUT2D eigenvalue weighted by Crippen LogP contribution is 2.41. The number of imidazole rings is 1. The van der Waals surface area contributed by atoms with Crippen molar-refractivity contribution >= 4 is 11.6 Å². The van der Waals surface area contributed by atoms with Gasteiger partial charge in [0.25, 0.3) is 0 Å². The standard InChI is InChI=1S/C35H33N3O/c39-34-28(24-25-38(34)33-22-11-4-12-23-33)14-13-21-32-26-37(27-36-32)35(29-15-5-1-6-16-29,30-17-7-2-8-18-30)31-19-9-3-10-20-31/h1-12,15-20,22-23,26-28H,13-14,21,24-25H2. The zero-order valence-corrected chi connectivity index (χ0v) is 22.1. The van der Waals surface area contributed by atoms with E-state index in [2.05, 4.69) is 102 Å². The summed E-state index contributed by atoms with van der Waals surface area (Å²) >= 11 is 0. The van der Waals surface area contributed by atoms with E-state index in [1.54, 1.807) is 0 Å². The molecule has 1 saturated heterocycles. The van der Waals surface area contributed by atoms with Gasteiger partial charge in [0.1, 0.15) is 5.54 Å². The number of hydrogen-bond donors (Lipinski definition) is 0. The van der Waals surface area contributed by atoms with E-state index in [-0.39, 0.29) is 11.8 Å². The lowest BCUT2D eigenvalue weighted by molar-refractivity contribution is -0.120. The molecule has 5 aromatic rings. The second-order valence-electron chi connectivity index (χ2n) is 10.3. The Bertz CT molecular complexity index is 1400. The van der Waals surface area contributed by atoms with Crippen molar-refractivity contribution in [2.75, 3.05) is 11.4 Å². The van der Waals surface area contributed by atoms with E-state index in [9.17, 15) is 4.79 Å². The topological polar surface area (TPSA) is 38.1 Å². The summed E-state index contributed by atoms with van der Waals surface area (Å²) in [6.07, 6.45) is 7.75. The molecule has 1 aromatic heterocycles. The van der Waals surface area contributed by atoms with Crippen LogP contribution in [-0.4, -0.2) is 22.0 Å². The fraction of sp³-hybridized carbons (Fsp3) is 0.200. The van der Waals surface area contributed by atoms with Crippen LogP contribution >= 0.6 is 0 Å². The molecule has 4 aromatic carbocycles. The van der Waals surface area contributed by atoms with Crippen LogP contribution < -0.4 is 4.90 Å². The summed E-state index contributed by atoms with van der Waals surface area (Å²) < 4.78 is 2.26. The number of aryl methyl sites for hydroxylation is 1. The first kappa shape index (κ1) is 24.9. The van der Waals surface area contributed by atoms with Gasteiger partial charge in [-0.15, -0.1) is 0 Å². The second-order valence-corrected chi connectivity index (χ2v) is 10.3. The average Bonchev–Trinajstić information content (AvgIpc) is 3.63. The number of rotatable bonds is 9. The van der Waals surface area contributed by atoms with Crippen molar-refractivity contribution in [2.45, 2.75) is 31.2 Å². The number of aromatic nitrogens is 2. The molecule has 0 spiro atoms. The van der Waals surface area contributed by atoms with Crippen LogP contribution in [0.3, 0.4) is 0 Å². The van der Waals surface area contributed by atoms with Gasteiger partial charge in [-0.05, 0) is 54.5 Å². The predicted octanol–water partition coefficient (Wildman–Crippen LogP) is 7.10. The molecule has 2 heterocycles. The van der Waals surface area contributed by atoms with Crippen molar-refractivity contribution in [3.63, 3.8) is 0 Å². The van der Waals surface area contributed by atoms with E-state index in [1.807, 2.05) is 41.6 Å². The summed E-state index contributed by atoms with van der Waals surface area (Å²) in [5.41, 5.74) is 5.05. The van der Waals surface area contributed by atoms with Gasteiger partial charge in [0.05, 0.1) is 12.0 Å². The zero-order valence-electron chi connectivity index (χ0n) is 22.1. The van der Waals surface area contributed by atoms with E-state index in [4.69, 9.17) is 4.98 Å². The number of amides is 1. The van der Waals surface area contributed by atoms with Crippen LogP contribution in [0, 0.1) is 5.92 Å². The number of carbonyl (C=O) groups excluding carboxylic acids is 1. The highest BCUT2D eigenvalue weighted by Gasteiger charge is 2.38. The third kappa shape index (κ3) is 4.79. The predicted molar refractivity (Wildman–Crippen MR) is 157 cm³/mol. The lowest BCUT2D eigenvalue weighted by Gasteiger charge is -2.37. The minimum absolute atomic E-state index is 0.0874. The molecule has 1 aliphatic rings. The van der Waals surface area contributed by atoms with Gasteiger partial charge < -0.3 is 9.47 Å². The minimum Gasteiger partial charge on any atom is -0.319 e. The Hall–Kier alpha value is -4.44. The van der Waals surface area contributed by atoms with E-state index in [0.717, 1.165) is 43.6 Å². The Kier molecular flexibility index (Phi) is 7.09. The Morgan fingerprint density at radius 2 is 1.23 bits per heavy atom. The van der Waals surface area contributed by atoms with E-state index in [0.29, 0.717) is 0 Å². The maximum atomic E-state index is 13.1. The third-order valence-electron chi connectivity index (χ3n) is 7.97. The Balaban J connectivity index is 1.26. The maximum Gasteiger partial charge on any atom is 0.230 e. The Morgan fingerprint density at radius 1 is 0.718 bits per heavy atom. The van der Waals surface area contributed by atoms with Crippen molar-refractivity contribution in [3.05, 3.63) is 156 Å². The number of para-hydroxylation sites is 1. The van der Waals surface area contributed by atoms with Gasteiger partial charge in [0.15, 0.2) is 0 Å². The summed E-state index contributed by atoms with van der Waals surface area (Å²) in [4.78, 5) is 19.9. The van der Waals surface area contributed by atoms with E-state index < -0.39 is 5.54 Å². The number of benzene rings is 4. The quantitative estimate of drug-likeness (QED) is 0.198. The van der Waals surface area contributed by atoms with Crippen LogP contribution in [0.1, 0.15) is 41.6 Å². The molecule has 0 radical (unpaired) electrons. The number of anilines is 1. The van der Waals surface area contributed by atoms with Crippen molar-refractivity contribution in [3.8, 4) is 0 Å². The minimum atomic E-state index is -0.549. The first-order chi connectivity index (χ1) is 19.3. The zero-order chi connectivity index (χ0) is 26.5. The molecule has 1 unspecified atom stereocenters. The van der Waals surface area contributed by atoms with Crippen LogP contribution in [-0.2, 0) is 16.8 Å². The molecule has 6 rings (SSSR count). The van der Waals surface area contributed by atoms with E-state index in [1.165, 1.54) is 16.7 Å². The van der Waals surface area contributed by atoms with Crippen LogP contribution in [0.4, 0.5) is 5.69 Å². The third-order valence-corrected chi connectivity index (χ3v) is 7.97. The molecule has 4 heteroatoms.